The van der Waals surface area contributed by atoms with Crippen molar-refractivity contribution in [2.45, 2.75) is 32.6 Å². The van der Waals surface area contributed by atoms with Crippen LogP contribution in [-0.4, -0.2) is 54.1 Å². The molecule has 0 aliphatic heterocycles. The molecule has 4 nitrogen and oxygen atoms in total. The van der Waals surface area contributed by atoms with Crippen molar-refractivity contribution >= 4 is 5.91 Å². The lowest BCUT2D eigenvalue weighted by molar-refractivity contribution is -0.129. The molecular formula is C13H24N2O2. The Balaban J connectivity index is 2.40. The van der Waals surface area contributed by atoms with Crippen LogP contribution in [0.1, 0.15) is 32.6 Å². The second kappa shape index (κ2) is 7.45. The van der Waals surface area contributed by atoms with Crippen LogP contribution in [0.25, 0.3) is 0 Å². The fourth-order valence-electron chi connectivity index (χ4n) is 2.06. The van der Waals surface area contributed by atoms with Crippen molar-refractivity contribution < 1.29 is 9.90 Å². The van der Waals surface area contributed by atoms with Gasteiger partial charge in [-0.1, -0.05) is 13.0 Å². The average Bonchev–Trinajstić information content (AvgIpc) is 2.86. The fourth-order valence-corrected chi connectivity index (χ4v) is 2.06. The van der Waals surface area contributed by atoms with Crippen molar-refractivity contribution in [2.75, 3.05) is 33.3 Å². The van der Waals surface area contributed by atoms with E-state index in [2.05, 4.69) is 11.0 Å². The van der Waals surface area contributed by atoms with E-state index in [-0.39, 0.29) is 12.5 Å². The van der Waals surface area contributed by atoms with Crippen LogP contribution in [0.15, 0.2) is 11.8 Å². The van der Waals surface area contributed by atoms with Crippen LogP contribution >= 0.6 is 0 Å². The Morgan fingerprint density at radius 1 is 1.53 bits per heavy atom. The summed E-state index contributed by atoms with van der Waals surface area (Å²) in [5.41, 5.74) is 1.16. The number of allylic oxidation sites excluding steroid dienone is 2. The first-order valence-electron chi connectivity index (χ1n) is 6.47. The average molecular weight is 240 g/mol. The van der Waals surface area contributed by atoms with Gasteiger partial charge in [0.05, 0.1) is 6.54 Å². The van der Waals surface area contributed by atoms with E-state index >= 15 is 0 Å². The van der Waals surface area contributed by atoms with Gasteiger partial charge in [0.15, 0.2) is 0 Å². The second-order valence-electron chi connectivity index (χ2n) is 4.49. The van der Waals surface area contributed by atoms with Gasteiger partial charge in [0.1, 0.15) is 0 Å². The number of aliphatic hydroxyl groups excluding tert-OH is 1. The van der Waals surface area contributed by atoms with E-state index in [0.717, 1.165) is 44.5 Å². The maximum absolute atomic E-state index is 12.0. The molecule has 1 amide bonds. The molecular weight excluding hydrogens is 216 g/mol. The number of carbonyl (C=O) groups is 1. The monoisotopic (exact) mass is 240 g/mol. The molecule has 1 rings (SSSR count). The lowest BCUT2D eigenvalue weighted by atomic mass is 10.3. The van der Waals surface area contributed by atoms with Crippen LogP contribution < -0.4 is 0 Å². The molecule has 4 heteroatoms. The maximum Gasteiger partial charge on any atom is 0.240 e. The number of rotatable bonds is 7. The zero-order valence-corrected chi connectivity index (χ0v) is 11.0. The first-order valence-corrected chi connectivity index (χ1v) is 6.47. The van der Waals surface area contributed by atoms with Crippen molar-refractivity contribution in [3.8, 4) is 0 Å². The maximum atomic E-state index is 12.0. The third kappa shape index (κ3) is 4.48. The van der Waals surface area contributed by atoms with Gasteiger partial charge in [0, 0.05) is 25.9 Å². The summed E-state index contributed by atoms with van der Waals surface area (Å²) in [6.07, 6.45) is 6.16. The van der Waals surface area contributed by atoms with Gasteiger partial charge in [-0.25, -0.2) is 0 Å². The van der Waals surface area contributed by atoms with Gasteiger partial charge in [0.25, 0.3) is 0 Å². The standard InChI is InChI=1S/C13H24N2O2/c1-3-15(9-6-10-16)11-13(17)14(2)12-7-4-5-8-12/h7,16H,3-6,8-11H2,1-2H3. The Bertz CT molecular complexity index is 277. The number of carbonyl (C=O) groups excluding carboxylic acids is 1. The minimum atomic E-state index is 0.151. The Hall–Kier alpha value is -0.870. The lowest BCUT2D eigenvalue weighted by Gasteiger charge is -2.24. The van der Waals surface area contributed by atoms with E-state index in [9.17, 15) is 4.79 Å². The van der Waals surface area contributed by atoms with Crippen LogP contribution in [0, 0.1) is 0 Å². The largest absolute Gasteiger partial charge is 0.396 e. The molecule has 0 atom stereocenters. The molecule has 0 unspecified atom stereocenters. The van der Waals surface area contributed by atoms with Gasteiger partial charge in [-0.3, -0.25) is 9.69 Å². The molecule has 0 bridgehead atoms. The molecule has 98 valence electrons. The van der Waals surface area contributed by atoms with Crippen LogP contribution in [0.3, 0.4) is 0 Å². The highest BCUT2D eigenvalue weighted by Gasteiger charge is 2.17. The Kier molecular flexibility index (Phi) is 6.22. The molecule has 0 saturated heterocycles. The van der Waals surface area contributed by atoms with Gasteiger partial charge in [-0.15, -0.1) is 0 Å². The first kappa shape index (κ1) is 14.2. The molecule has 0 heterocycles. The summed E-state index contributed by atoms with van der Waals surface area (Å²) in [7, 11) is 1.86. The van der Waals surface area contributed by atoms with Crippen LogP contribution in [0.2, 0.25) is 0 Å². The van der Waals surface area contributed by atoms with Gasteiger partial charge in [0.2, 0.25) is 5.91 Å². The quantitative estimate of drug-likeness (QED) is 0.727. The Labute approximate surface area is 104 Å². The molecule has 0 aromatic rings. The summed E-state index contributed by atoms with van der Waals surface area (Å²) in [5, 5.41) is 8.80. The number of aliphatic hydroxyl groups is 1. The van der Waals surface area contributed by atoms with Gasteiger partial charge in [-0.2, -0.15) is 0 Å². The highest BCUT2D eigenvalue weighted by molar-refractivity contribution is 5.79. The third-order valence-corrected chi connectivity index (χ3v) is 3.26. The Morgan fingerprint density at radius 2 is 2.29 bits per heavy atom. The van der Waals surface area contributed by atoms with Crippen molar-refractivity contribution in [1.29, 1.82) is 0 Å². The van der Waals surface area contributed by atoms with E-state index in [1.165, 1.54) is 0 Å². The van der Waals surface area contributed by atoms with Crippen LogP contribution in [-0.2, 0) is 4.79 Å². The molecule has 0 fully saturated rings. The molecule has 17 heavy (non-hydrogen) atoms. The Morgan fingerprint density at radius 3 is 2.82 bits per heavy atom. The van der Waals surface area contributed by atoms with E-state index < -0.39 is 0 Å². The summed E-state index contributed by atoms with van der Waals surface area (Å²) in [6.45, 7) is 4.31. The number of likely N-dealkylation sites (N-methyl/N-ethyl adjacent to an activating group) is 2. The predicted molar refractivity (Wildman–Crippen MR) is 68.5 cm³/mol. The van der Waals surface area contributed by atoms with Crippen LogP contribution in [0.5, 0.6) is 0 Å². The predicted octanol–water partition coefficient (Wildman–Crippen LogP) is 1.22. The molecule has 1 aliphatic carbocycles. The smallest absolute Gasteiger partial charge is 0.240 e. The van der Waals surface area contributed by atoms with Gasteiger partial charge >= 0.3 is 0 Å². The molecule has 1 N–H and O–H groups in total. The minimum Gasteiger partial charge on any atom is -0.396 e. The summed E-state index contributed by atoms with van der Waals surface area (Å²) in [6, 6.07) is 0. The zero-order chi connectivity index (χ0) is 12.7. The van der Waals surface area contributed by atoms with E-state index in [0.29, 0.717) is 6.54 Å². The lowest BCUT2D eigenvalue weighted by Crippen LogP contribution is -2.38. The van der Waals surface area contributed by atoms with Crippen LogP contribution in [0.4, 0.5) is 0 Å². The van der Waals surface area contributed by atoms with Gasteiger partial charge < -0.3 is 10.0 Å². The topological polar surface area (TPSA) is 43.8 Å². The second-order valence-corrected chi connectivity index (χ2v) is 4.49. The van der Waals surface area contributed by atoms with Crippen molar-refractivity contribution in [2.24, 2.45) is 0 Å². The molecule has 0 saturated carbocycles. The molecule has 0 aromatic heterocycles. The molecule has 1 aliphatic rings. The number of hydrogen-bond donors (Lipinski definition) is 1. The van der Waals surface area contributed by atoms with Crippen molar-refractivity contribution in [3.05, 3.63) is 11.8 Å². The minimum absolute atomic E-state index is 0.151. The summed E-state index contributed by atoms with van der Waals surface area (Å²) in [5.74, 6) is 0.151. The number of amides is 1. The normalized spacial score (nSPS) is 15.2. The molecule has 0 spiro atoms. The SMILES string of the molecule is CCN(CCCO)CC(=O)N(C)C1=CCCC1. The molecule has 0 radical (unpaired) electrons. The van der Waals surface area contributed by atoms with E-state index in [4.69, 9.17) is 5.11 Å². The highest BCUT2D eigenvalue weighted by atomic mass is 16.3. The first-order chi connectivity index (χ1) is 8.19. The number of nitrogens with zero attached hydrogens (tertiary/aromatic N) is 2. The fraction of sp³-hybridized carbons (Fsp3) is 0.769. The number of hydrogen-bond acceptors (Lipinski definition) is 3. The zero-order valence-electron chi connectivity index (χ0n) is 11.0. The summed E-state index contributed by atoms with van der Waals surface area (Å²) in [4.78, 5) is 15.9. The van der Waals surface area contributed by atoms with Crippen molar-refractivity contribution in [1.82, 2.24) is 9.80 Å². The molecule has 0 aromatic carbocycles. The van der Waals surface area contributed by atoms with Crippen molar-refractivity contribution in [3.63, 3.8) is 0 Å². The highest BCUT2D eigenvalue weighted by Crippen LogP contribution is 2.20. The summed E-state index contributed by atoms with van der Waals surface area (Å²) < 4.78 is 0. The van der Waals surface area contributed by atoms with Gasteiger partial charge in [-0.05, 0) is 32.2 Å². The van der Waals surface area contributed by atoms with E-state index in [1.807, 2.05) is 14.0 Å². The third-order valence-electron chi connectivity index (χ3n) is 3.26. The van der Waals surface area contributed by atoms with E-state index in [1.54, 1.807) is 4.90 Å². The summed E-state index contributed by atoms with van der Waals surface area (Å²) >= 11 is 0.